The predicted octanol–water partition coefficient (Wildman–Crippen LogP) is 5.08. The van der Waals surface area contributed by atoms with Gasteiger partial charge in [-0.2, -0.15) is 0 Å². The maximum Gasteiger partial charge on any atom is 0.160 e. The molecular weight excluding hydrogens is 308 g/mol. The van der Waals surface area contributed by atoms with Gasteiger partial charge in [-0.3, -0.25) is 9.38 Å². The third kappa shape index (κ3) is 3.48. The van der Waals surface area contributed by atoms with Gasteiger partial charge in [0.2, 0.25) is 0 Å². The van der Waals surface area contributed by atoms with E-state index in [0.717, 1.165) is 40.5 Å². The molecule has 2 heterocycles. The minimum atomic E-state index is 0.528. The summed E-state index contributed by atoms with van der Waals surface area (Å²) < 4.78 is 2.07. The van der Waals surface area contributed by atoms with Gasteiger partial charge in [0.05, 0.1) is 5.69 Å². The fourth-order valence-electron chi connectivity index (χ4n) is 2.97. The molecule has 4 nitrogen and oxygen atoms in total. The molecule has 0 bridgehead atoms. The molecule has 4 heteroatoms. The van der Waals surface area contributed by atoms with Gasteiger partial charge >= 0.3 is 0 Å². The molecule has 0 spiro atoms. The molecule has 1 N–H and O–H groups in total. The lowest BCUT2D eigenvalue weighted by molar-refractivity contribution is 0.729. The molecule has 0 saturated carbocycles. The van der Waals surface area contributed by atoms with Gasteiger partial charge < -0.3 is 5.32 Å². The van der Waals surface area contributed by atoms with E-state index in [1.165, 1.54) is 0 Å². The number of fused-ring (bicyclic) bond motifs is 1. The monoisotopic (exact) mass is 332 g/mol. The summed E-state index contributed by atoms with van der Waals surface area (Å²) in [4.78, 5) is 9.23. The predicted molar refractivity (Wildman–Crippen MR) is 105 cm³/mol. The fourth-order valence-corrected chi connectivity index (χ4v) is 2.97. The number of aromatic nitrogens is 3. The molecule has 3 rings (SSSR count). The van der Waals surface area contributed by atoms with Crippen molar-refractivity contribution < 1.29 is 0 Å². The Labute approximate surface area is 149 Å². The molecule has 0 saturated heterocycles. The summed E-state index contributed by atoms with van der Waals surface area (Å²) in [5.41, 5.74) is 4.81. The van der Waals surface area contributed by atoms with E-state index in [1.807, 2.05) is 38.4 Å². The molecule has 1 aliphatic rings. The third-order valence-electron chi connectivity index (χ3n) is 4.25. The maximum absolute atomic E-state index is 4.85. The first kappa shape index (κ1) is 17.0. The minimum Gasteiger partial charge on any atom is -0.340 e. The summed E-state index contributed by atoms with van der Waals surface area (Å²) in [5.74, 6) is 1.48. The van der Waals surface area contributed by atoms with Crippen LogP contribution in [-0.4, -0.2) is 14.4 Å². The summed E-state index contributed by atoms with van der Waals surface area (Å²) in [6, 6.07) is 0. The standard InChI is InChI=1S/C21H24N4/c1-5-7-10-17(6-2)19-21(23-18-11-8-9-15(3)14-18)25-13-12-22-16(4)20(25)24-19/h5-8,10-15,23H,1,9H2,2-4H3/b10-7-,17-6+. The van der Waals surface area contributed by atoms with Crippen LogP contribution in [-0.2, 0) is 0 Å². The van der Waals surface area contributed by atoms with Crippen LogP contribution in [0, 0.1) is 12.8 Å². The Morgan fingerprint density at radius 1 is 1.44 bits per heavy atom. The molecule has 1 atom stereocenters. The average Bonchev–Trinajstić information content (AvgIpc) is 2.96. The average molecular weight is 332 g/mol. The van der Waals surface area contributed by atoms with E-state index in [9.17, 15) is 0 Å². The largest absolute Gasteiger partial charge is 0.340 e. The van der Waals surface area contributed by atoms with Crippen molar-refractivity contribution in [1.29, 1.82) is 0 Å². The second kappa shape index (κ2) is 7.34. The van der Waals surface area contributed by atoms with Crippen LogP contribution in [0.5, 0.6) is 0 Å². The Morgan fingerprint density at radius 3 is 3.00 bits per heavy atom. The summed E-state index contributed by atoms with van der Waals surface area (Å²) in [7, 11) is 0. The number of rotatable bonds is 5. The highest BCUT2D eigenvalue weighted by Crippen LogP contribution is 2.29. The van der Waals surface area contributed by atoms with Crippen molar-refractivity contribution in [3.05, 3.63) is 78.6 Å². The molecule has 0 fully saturated rings. The van der Waals surface area contributed by atoms with Crippen molar-refractivity contribution in [2.45, 2.75) is 27.2 Å². The number of allylic oxidation sites excluding steroid dienone is 8. The summed E-state index contributed by atoms with van der Waals surface area (Å²) in [6.45, 7) is 9.98. The van der Waals surface area contributed by atoms with Crippen LogP contribution in [0.15, 0.2) is 67.2 Å². The van der Waals surface area contributed by atoms with Crippen molar-refractivity contribution in [2.24, 2.45) is 5.92 Å². The number of nitrogens with one attached hydrogen (secondary N) is 1. The highest BCUT2D eigenvalue weighted by Gasteiger charge is 2.17. The molecule has 0 amide bonds. The zero-order valence-electron chi connectivity index (χ0n) is 15.0. The van der Waals surface area contributed by atoms with Crippen LogP contribution in [0.3, 0.4) is 0 Å². The lowest BCUT2D eigenvalue weighted by atomic mass is 10.0. The van der Waals surface area contributed by atoms with Crippen LogP contribution in [0.2, 0.25) is 0 Å². The van der Waals surface area contributed by atoms with Gasteiger partial charge in [0, 0.05) is 18.1 Å². The zero-order valence-corrected chi connectivity index (χ0v) is 15.0. The SMILES string of the molecule is C=C/C=C\C(=C/C)c1nc2c(C)nccn2c1NC1=CC(C)CC=C1. The molecule has 2 aromatic heterocycles. The second-order valence-corrected chi connectivity index (χ2v) is 6.22. The smallest absolute Gasteiger partial charge is 0.160 e. The highest BCUT2D eigenvalue weighted by atomic mass is 15.1. The van der Waals surface area contributed by atoms with E-state index in [1.54, 1.807) is 6.08 Å². The minimum absolute atomic E-state index is 0.528. The van der Waals surface area contributed by atoms with Crippen LogP contribution in [0.25, 0.3) is 11.2 Å². The Balaban J connectivity index is 2.15. The van der Waals surface area contributed by atoms with Gasteiger partial charge in [-0.05, 0) is 37.8 Å². The second-order valence-electron chi connectivity index (χ2n) is 6.22. The number of nitrogens with zero attached hydrogens (tertiary/aromatic N) is 3. The molecule has 1 aliphatic carbocycles. The molecule has 2 aromatic rings. The maximum atomic E-state index is 4.85. The van der Waals surface area contributed by atoms with Crippen LogP contribution >= 0.6 is 0 Å². The van der Waals surface area contributed by atoms with Gasteiger partial charge in [-0.1, -0.05) is 50.0 Å². The van der Waals surface area contributed by atoms with Gasteiger partial charge in [-0.15, -0.1) is 0 Å². The van der Waals surface area contributed by atoms with Crippen molar-refractivity contribution >= 4 is 17.0 Å². The summed E-state index contributed by atoms with van der Waals surface area (Å²) in [6.07, 6.45) is 19.2. The van der Waals surface area contributed by atoms with Crippen molar-refractivity contribution in [2.75, 3.05) is 5.32 Å². The van der Waals surface area contributed by atoms with Gasteiger partial charge in [0.15, 0.2) is 5.65 Å². The Morgan fingerprint density at radius 2 is 2.28 bits per heavy atom. The van der Waals surface area contributed by atoms with Gasteiger partial charge in [0.25, 0.3) is 0 Å². The highest BCUT2D eigenvalue weighted by molar-refractivity contribution is 5.82. The molecule has 0 radical (unpaired) electrons. The quantitative estimate of drug-likeness (QED) is 0.777. The van der Waals surface area contributed by atoms with E-state index in [4.69, 9.17) is 4.98 Å². The van der Waals surface area contributed by atoms with Gasteiger partial charge in [0.1, 0.15) is 11.5 Å². The topological polar surface area (TPSA) is 42.2 Å². The number of aryl methyl sites for hydroxylation is 1. The Hall–Kier alpha value is -2.88. The van der Waals surface area contributed by atoms with E-state index in [0.29, 0.717) is 5.92 Å². The number of hydrogen-bond acceptors (Lipinski definition) is 3. The van der Waals surface area contributed by atoms with E-state index in [-0.39, 0.29) is 0 Å². The number of anilines is 1. The van der Waals surface area contributed by atoms with Crippen molar-refractivity contribution in [3.8, 4) is 0 Å². The first-order chi connectivity index (χ1) is 12.1. The first-order valence-electron chi connectivity index (χ1n) is 8.59. The van der Waals surface area contributed by atoms with Crippen LogP contribution in [0.1, 0.15) is 31.7 Å². The zero-order chi connectivity index (χ0) is 17.8. The van der Waals surface area contributed by atoms with E-state index in [2.05, 4.69) is 52.5 Å². The van der Waals surface area contributed by atoms with Crippen LogP contribution in [0.4, 0.5) is 5.82 Å². The van der Waals surface area contributed by atoms with Crippen molar-refractivity contribution in [1.82, 2.24) is 14.4 Å². The summed E-state index contributed by atoms with van der Waals surface area (Å²) in [5, 5.41) is 3.57. The van der Waals surface area contributed by atoms with E-state index >= 15 is 0 Å². The van der Waals surface area contributed by atoms with Gasteiger partial charge in [-0.25, -0.2) is 4.98 Å². The molecule has 25 heavy (non-hydrogen) atoms. The lowest BCUT2D eigenvalue weighted by Crippen LogP contribution is -2.07. The molecule has 1 unspecified atom stereocenters. The summed E-state index contributed by atoms with van der Waals surface area (Å²) >= 11 is 0. The normalized spacial score (nSPS) is 18.0. The lowest BCUT2D eigenvalue weighted by Gasteiger charge is -2.15. The van der Waals surface area contributed by atoms with Crippen molar-refractivity contribution in [3.63, 3.8) is 0 Å². The molecular formula is C21H24N4. The number of imidazole rings is 1. The van der Waals surface area contributed by atoms with Crippen LogP contribution < -0.4 is 5.32 Å². The first-order valence-corrected chi connectivity index (χ1v) is 8.59. The number of hydrogen-bond donors (Lipinski definition) is 1. The molecule has 128 valence electrons. The molecule has 0 aliphatic heterocycles. The fraction of sp³-hybridized carbons (Fsp3) is 0.238. The Bertz CT molecular complexity index is 909. The molecule has 0 aromatic carbocycles. The third-order valence-corrected chi connectivity index (χ3v) is 4.25. The Kier molecular flexibility index (Phi) is 4.98. The van der Waals surface area contributed by atoms with E-state index < -0.39 is 0 Å².